The molecule has 0 aliphatic heterocycles. The summed E-state index contributed by atoms with van der Waals surface area (Å²) in [5, 5.41) is 10.9. The van der Waals surface area contributed by atoms with E-state index >= 15 is 0 Å². The van der Waals surface area contributed by atoms with E-state index in [-0.39, 0.29) is 0 Å². The van der Waals surface area contributed by atoms with Gasteiger partial charge in [-0.25, -0.2) is 9.67 Å². The Morgan fingerprint density at radius 3 is 2.87 bits per heavy atom. The molecule has 2 rings (SSSR count). The minimum Gasteiger partial charge on any atom is -0.356 e. The van der Waals surface area contributed by atoms with Crippen LogP contribution >= 0.6 is 0 Å². The predicted molar refractivity (Wildman–Crippen MR) is 93.7 cm³/mol. The molecule has 2 heterocycles. The fourth-order valence-corrected chi connectivity index (χ4v) is 2.27. The minimum atomic E-state index is 0.700. The molecule has 6 heteroatoms. The molecule has 0 aliphatic rings. The third kappa shape index (κ3) is 5.73. The summed E-state index contributed by atoms with van der Waals surface area (Å²) in [4.78, 5) is 8.59. The lowest BCUT2D eigenvalue weighted by Crippen LogP contribution is -2.37. The van der Waals surface area contributed by atoms with Crippen LogP contribution in [0.5, 0.6) is 0 Å². The summed E-state index contributed by atoms with van der Waals surface area (Å²) >= 11 is 0. The van der Waals surface area contributed by atoms with Crippen molar-refractivity contribution in [2.45, 2.75) is 39.2 Å². The van der Waals surface area contributed by atoms with Gasteiger partial charge in [-0.05, 0) is 30.2 Å². The van der Waals surface area contributed by atoms with E-state index in [0.29, 0.717) is 6.54 Å². The topological polar surface area (TPSA) is 67.1 Å². The lowest BCUT2D eigenvalue weighted by molar-refractivity contribution is 0.647. The first kappa shape index (κ1) is 17.0. The van der Waals surface area contributed by atoms with Gasteiger partial charge in [0.25, 0.3) is 0 Å². The van der Waals surface area contributed by atoms with Gasteiger partial charge in [0.05, 0.1) is 0 Å². The second-order valence-corrected chi connectivity index (χ2v) is 5.39. The van der Waals surface area contributed by atoms with E-state index in [1.165, 1.54) is 25.7 Å². The highest BCUT2D eigenvalue weighted by Gasteiger charge is 2.02. The molecule has 0 saturated carbocycles. The highest BCUT2D eigenvalue weighted by molar-refractivity contribution is 5.79. The van der Waals surface area contributed by atoms with Gasteiger partial charge < -0.3 is 10.6 Å². The van der Waals surface area contributed by atoms with Gasteiger partial charge in [-0.2, -0.15) is 5.10 Å². The summed E-state index contributed by atoms with van der Waals surface area (Å²) in [7, 11) is 1.79. The van der Waals surface area contributed by atoms with Gasteiger partial charge in [0.2, 0.25) is 0 Å². The number of hydrogen-bond donors (Lipinski definition) is 2. The van der Waals surface area contributed by atoms with Gasteiger partial charge in [-0.15, -0.1) is 0 Å². The summed E-state index contributed by atoms with van der Waals surface area (Å²) in [5.41, 5.74) is 1.14. The maximum atomic E-state index is 4.33. The Balaban J connectivity index is 1.81. The molecule has 2 N–H and O–H groups in total. The van der Waals surface area contributed by atoms with E-state index < -0.39 is 0 Å². The molecular weight excluding hydrogens is 288 g/mol. The number of nitrogens with one attached hydrogen (secondary N) is 2. The average Bonchev–Trinajstić information content (AvgIpc) is 3.12. The number of rotatable bonds is 8. The summed E-state index contributed by atoms with van der Waals surface area (Å²) in [6.45, 7) is 3.88. The maximum Gasteiger partial charge on any atom is 0.191 e. The first-order chi connectivity index (χ1) is 11.3. The zero-order valence-electron chi connectivity index (χ0n) is 14.0. The number of aliphatic imine (C=N–C) groups is 1. The van der Waals surface area contributed by atoms with Crippen molar-refractivity contribution >= 4 is 5.96 Å². The van der Waals surface area contributed by atoms with Crippen molar-refractivity contribution in [1.82, 2.24) is 25.4 Å². The van der Waals surface area contributed by atoms with Crippen molar-refractivity contribution < 1.29 is 0 Å². The van der Waals surface area contributed by atoms with Crippen molar-refractivity contribution in [3.63, 3.8) is 0 Å². The van der Waals surface area contributed by atoms with Crippen LogP contribution in [-0.4, -0.2) is 34.3 Å². The van der Waals surface area contributed by atoms with Crippen molar-refractivity contribution in [3.05, 3.63) is 42.4 Å². The molecular formula is C17H26N6. The van der Waals surface area contributed by atoms with Crippen LogP contribution in [0.25, 0.3) is 5.82 Å². The molecule has 0 aromatic carbocycles. The molecule has 0 amide bonds. The Labute approximate surface area is 138 Å². The molecule has 2 aromatic heterocycles. The summed E-state index contributed by atoms with van der Waals surface area (Å²) in [6, 6.07) is 5.90. The molecule has 0 spiro atoms. The van der Waals surface area contributed by atoms with Crippen LogP contribution in [0.3, 0.4) is 0 Å². The second kappa shape index (κ2) is 9.61. The van der Waals surface area contributed by atoms with E-state index in [9.17, 15) is 0 Å². The van der Waals surface area contributed by atoms with Crippen molar-refractivity contribution in [2.24, 2.45) is 4.99 Å². The van der Waals surface area contributed by atoms with Crippen molar-refractivity contribution in [1.29, 1.82) is 0 Å². The molecule has 2 aromatic rings. The summed E-state index contributed by atoms with van der Waals surface area (Å²) in [6.07, 6.45) is 10.4. The van der Waals surface area contributed by atoms with Gasteiger partial charge >= 0.3 is 0 Å². The summed E-state index contributed by atoms with van der Waals surface area (Å²) in [5.74, 6) is 1.65. The number of nitrogens with zero attached hydrogens (tertiary/aromatic N) is 4. The SMILES string of the molecule is CCCCCCNC(=NC)NCc1ccnc(-n2cccn2)c1. The number of guanidine groups is 1. The van der Waals surface area contributed by atoms with Gasteiger partial charge in [-0.1, -0.05) is 26.2 Å². The van der Waals surface area contributed by atoms with Crippen molar-refractivity contribution in [2.75, 3.05) is 13.6 Å². The lowest BCUT2D eigenvalue weighted by Gasteiger charge is -2.12. The summed E-state index contributed by atoms with van der Waals surface area (Å²) < 4.78 is 1.75. The number of pyridine rings is 1. The van der Waals surface area contributed by atoms with E-state index in [4.69, 9.17) is 0 Å². The maximum absolute atomic E-state index is 4.33. The van der Waals surface area contributed by atoms with Crippen LogP contribution in [0.1, 0.15) is 38.2 Å². The third-order valence-electron chi connectivity index (χ3n) is 3.56. The Hall–Kier alpha value is -2.37. The molecule has 0 radical (unpaired) electrons. The molecule has 0 saturated heterocycles. The largest absolute Gasteiger partial charge is 0.356 e. The van der Waals surface area contributed by atoms with Crippen LogP contribution in [0, 0.1) is 0 Å². The molecule has 6 nitrogen and oxygen atoms in total. The molecule has 0 aliphatic carbocycles. The molecule has 124 valence electrons. The lowest BCUT2D eigenvalue weighted by atomic mass is 10.2. The van der Waals surface area contributed by atoms with E-state index in [1.807, 2.05) is 24.4 Å². The number of hydrogen-bond acceptors (Lipinski definition) is 3. The fraction of sp³-hybridized carbons (Fsp3) is 0.471. The quantitative estimate of drug-likeness (QED) is 0.446. The molecule has 23 heavy (non-hydrogen) atoms. The first-order valence-electron chi connectivity index (χ1n) is 8.23. The predicted octanol–water partition coefficient (Wildman–Crippen LogP) is 2.51. The molecule has 0 unspecified atom stereocenters. The minimum absolute atomic E-state index is 0.700. The second-order valence-electron chi connectivity index (χ2n) is 5.39. The van der Waals surface area contributed by atoms with Gasteiger partial charge in [0, 0.05) is 38.7 Å². The van der Waals surface area contributed by atoms with Gasteiger partial charge in [0.15, 0.2) is 11.8 Å². The Morgan fingerprint density at radius 1 is 1.22 bits per heavy atom. The third-order valence-corrected chi connectivity index (χ3v) is 3.56. The Kier molecular flexibility index (Phi) is 7.10. The Bertz CT molecular complexity index is 591. The zero-order valence-corrected chi connectivity index (χ0v) is 14.0. The van der Waals surface area contributed by atoms with Crippen LogP contribution in [-0.2, 0) is 6.54 Å². The van der Waals surface area contributed by atoms with Crippen molar-refractivity contribution in [3.8, 4) is 5.82 Å². The zero-order chi connectivity index (χ0) is 16.3. The normalized spacial score (nSPS) is 11.5. The van der Waals surface area contributed by atoms with E-state index in [1.54, 1.807) is 24.1 Å². The fourth-order valence-electron chi connectivity index (χ4n) is 2.27. The monoisotopic (exact) mass is 314 g/mol. The molecule has 0 atom stereocenters. The number of aromatic nitrogens is 3. The van der Waals surface area contributed by atoms with E-state index in [0.717, 1.165) is 23.9 Å². The van der Waals surface area contributed by atoms with Gasteiger partial charge in [-0.3, -0.25) is 4.99 Å². The van der Waals surface area contributed by atoms with Gasteiger partial charge in [0.1, 0.15) is 0 Å². The van der Waals surface area contributed by atoms with Crippen LogP contribution in [0.4, 0.5) is 0 Å². The van der Waals surface area contributed by atoms with Crippen LogP contribution < -0.4 is 10.6 Å². The molecule has 0 bridgehead atoms. The smallest absolute Gasteiger partial charge is 0.191 e. The highest BCUT2D eigenvalue weighted by Crippen LogP contribution is 2.06. The Morgan fingerprint density at radius 2 is 2.13 bits per heavy atom. The highest BCUT2D eigenvalue weighted by atomic mass is 15.3. The van der Waals surface area contributed by atoms with E-state index in [2.05, 4.69) is 32.6 Å². The molecule has 0 fully saturated rings. The average molecular weight is 314 g/mol. The first-order valence-corrected chi connectivity index (χ1v) is 8.23. The van der Waals surface area contributed by atoms with Crippen LogP contribution in [0.15, 0.2) is 41.8 Å². The standard InChI is InChI=1S/C17H26N6/c1-3-4-5-6-9-20-17(18-2)21-14-15-8-11-19-16(13-15)23-12-7-10-22-23/h7-8,10-13H,3-6,9,14H2,1-2H3,(H2,18,20,21). The number of unbranched alkanes of at least 4 members (excludes halogenated alkanes) is 3. The van der Waals surface area contributed by atoms with Crippen LogP contribution in [0.2, 0.25) is 0 Å².